The van der Waals surface area contributed by atoms with E-state index in [2.05, 4.69) is 23.7 Å². The maximum Gasteiger partial charge on any atom is 0.191 e. The van der Waals surface area contributed by atoms with Gasteiger partial charge in [0.2, 0.25) is 0 Å². The fraction of sp³-hybridized carbons (Fsp3) is 0.394. The predicted octanol–water partition coefficient (Wildman–Crippen LogP) is 7.20. The van der Waals surface area contributed by atoms with Crippen molar-refractivity contribution in [2.75, 3.05) is 5.32 Å². The number of aliphatic hydroxyl groups excluding tert-OH is 1. The van der Waals surface area contributed by atoms with Gasteiger partial charge in [-0.1, -0.05) is 54.9 Å². The Morgan fingerprint density at radius 3 is 2.60 bits per heavy atom. The highest BCUT2D eigenvalue weighted by Crippen LogP contribution is 2.61. The molecule has 3 aromatic rings. The van der Waals surface area contributed by atoms with Gasteiger partial charge in [-0.2, -0.15) is 5.10 Å². The smallest absolute Gasteiger partial charge is 0.191 e. The van der Waals surface area contributed by atoms with Gasteiger partial charge in [0.15, 0.2) is 5.11 Å². The fourth-order valence-corrected chi connectivity index (χ4v) is 7.89. The van der Waals surface area contributed by atoms with Crippen molar-refractivity contribution in [1.82, 2.24) is 5.43 Å². The number of para-hydroxylation sites is 1. The lowest BCUT2D eigenvalue weighted by atomic mass is 9.55. The number of anilines is 1. The summed E-state index contributed by atoms with van der Waals surface area (Å²) in [7, 11) is 0. The first-order valence-electron chi connectivity index (χ1n) is 14.3. The van der Waals surface area contributed by atoms with Crippen LogP contribution in [0.1, 0.15) is 67.2 Å². The Morgan fingerprint density at radius 1 is 1.05 bits per heavy atom. The van der Waals surface area contributed by atoms with Gasteiger partial charge in [-0.3, -0.25) is 5.43 Å². The topological polar surface area (TPSA) is 76.9 Å². The van der Waals surface area contributed by atoms with Gasteiger partial charge in [0.05, 0.1) is 11.8 Å². The van der Waals surface area contributed by atoms with E-state index in [1.165, 1.54) is 11.1 Å². The number of thiocarbonyl (C=S) groups is 1. The summed E-state index contributed by atoms with van der Waals surface area (Å²) in [5.41, 5.74) is 9.08. The summed E-state index contributed by atoms with van der Waals surface area (Å²) in [6.07, 6.45) is 6.57. The first-order chi connectivity index (χ1) is 19.3. The quantitative estimate of drug-likeness (QED) is 0.148. The van der Waals surface area contributed by atoms with Crippen molar-refractivity contribution in [1.29, 1.82) is 0 Å². The van der Waals surface area contributed by atoms with Crippen LogP contribution in [-0.2, 0) is 12.8 Å². The van der Waals surface area contributed by atoms with E-state index in [1.807, 2.05) is 60.7 Å². The Hall–Kier alpha value is -2.93. The highest BCUT2D eigenvalue weighted by molar-refractivity contribution is 7.80. The Bertz CT molecular complexity index is 1430. The number of nitrogens with zero attached hydrogens (tertiary/aromatic N) is 1. The van der Waals surface area contributed by atoms with Crippen LogP contribution in [-0.4, -0.2) is 27.1 Å². The highest BCUT2D eigenvalue weighted by Gasteiger charge is 2.54. The Kier molecular flexibility index (Phi) is 7.60. The number of aliphatic hydroxyl groups is 1. The summed E-state index contributed by atoms with van der Waals surface area (Å²) >= 11 is 11.7. The second-order valence-electron chi connectivity index (χ2n) is 11.9. The van der Waals surface area contributed by atoms with Crippen molar-refractivity contribution in [2.24, 2.45) is 22.4 Å². The minimum absolute atomic E-state index is 0.0463. The normalized spacial score (nSPS) is 27.3. The largest absolute Gasteiger partial charge is 0.508 e. The number of phenolic OH excluding ortho intramolecular Hbond substituents is 1. The summed E-state index contributed by atoms with van der Waals surface area (Å²) in [5.74, 6) is 1.94. The van der Waals surface area contributed by atoms with Crippen LogP contribution < -0.4 is 10.7 Å². The van der Waals surface area contributed by atoms with Crippen LogP contribution in [0.15, 0.2) is 71.8 Å². The van der Waals surface area contributed by atoms with Gasteiger partial charge in [0.25, 0.3) is 0 Å². The molecule has 0 amide bonds. The number of rotatable bonds is 5. The third-order valence-corrected chi connectivity index (χ3v) is 10.2. The number of halogens is 1. The van der Waals surface area contributed by atoms with Gasteiger partial charge in [0.1, 0.15) is 5.75 Å². The molecule has 0 bridgehead atoms. The van der Waals surface area contributed by atoms with Crippen molar-refractivity contribution in [3.05, 3.63) is 94.0 Å². The number of hydrogen-bond donors (Lipinski definition) is 4. The third kappa shape index (κ3) is 5.25. The molecule has 3 aliphatic carbocycles. The molecule has 5 atom stereocenters. The van der Waals surface area contributed by atoms with E-state index in [0.29, 0.717) is 40.1 Å². The number of hydrazone groups is 1. The second kappa shape index (κ2) is 11.2. The molecule has 2 fully saturated rings. The van der Waals surface area contributed by atoms with E-state index in [1.54, 1.807) is 0 Å². The van der Waals surface area contributed by atoms with E-state index in [0.717, 1.165) is 61.1 Å². The van der Waals surface area contributed by atoms with Gasteiger partial charge in [-0.05, 0) is 121 Å². The van der Waals surface area contributed by atoms with Crippen LogP contribution in [0, 0.1) is 17.3 Å². The lowest BCUT2D eigenvalue weighted by Gasteiger charge is -2.50. The van der Waals surface area contributed by atoms with Crippen LogP contribution in [0.25, 0.3) is 0 Å². The average molecular weight is 574 g/mol. The first-order valence-corrected chi connectivity index (χ1v) is 15.1. The molecular formula is C33H36ClN3O2S. The van der Waals surface area contributed by atoms with E-state index in [4.69, 9.17) is 28.9 Å². The molecule has 3 aliphatic rings. The second-order valence-corrected chi connectivity index (χ2v) is 12.8. The molecule has 208 valence electrons. The van der Waals surface area contributed by atoms with Crippen LogP contribution >= 0.6 is 23.8 Å². The predicted molar refractivity (Wildman–Crippen MR) is 166 cm³/mol. The lowest BCUT2D eigenvalue weighted by Crippen LogP contribution is -2.43. The summed E-state index contributed by atoms with van der Waals surface area (Å²) < 4.78 is 0. The van der Waals surface area contributed by atoms with E-state index in [-0.39, 0.29) is 11.5 Å². The van der Waals surface area contributed by atoms with Crippen molar-refractivity contribution in [3.63, 3.8) is 0 Å². The highest BCUT2D eigenvalue weighted by atomic mass is 35.5. The molecule has 2 saturated carbocycles. The lowest BCUT2D eigenvalue weighted by molar-refractivity contribution is -0.0226. The molecule has 0 aromatic heterocycles. The zero-order valence-corrected chi connectivity index (χ0v) is 24.3. The fourth-order valence-electron chi connectivity index (χ4n) is 7.60. The molecule has 0 spiro atoms. The Labute approximate surface area is 246 Å². The average Bonchev–Trinajstić information content (AvgIpc) is 3.26. The first kappa shape index (κ1) is 27.3. The van der Waals surface area contributed by atoms with E-state index < -0.39 is 0 Å². The number of phenols is 1. The monoisotopic (exact) mass is 573 g/mol. The van der Waals surface area contributed by atoms with Crippen molar-refractivity contribution in [3.8, 4) is 5.75 Å². The zero-order valence-electron chi connectivity index (χ0n) is 22.7. The maximum absolute atomic E-state index is 11.1. The Morgan fingerprint density at radius 2 is 1.82 bits per heavy atom. The van der Waals surface area contributed by atoms with Crippen LogP contribution in [0.4, 0.5) is 5.69 Å². The van der Waals surface area contributed by atoms with Gasteiger partial charge < -0.3 is 15.5 Å². The molecule has 0 radical (unpaired) electrons. The van der Waals surface area contributed by atoms with Crippen LogP contribution in [0.3, 0.4) is 0 Å². The molecule has 3 unspecified atom stereocenters. The summed E-state index contributed by atoms with van der Waals surface area (Å²) in [5, 5.41) is 30.8. The molecule has 3 aromatic carbocycles. The number of nitrogens with one attached hydrogen (secondary N) is 2. The number of fused-ring (bicyclic) bond motifs is 5. The summed E-state index contributed by atoms with van der Waals surface area (Å²) in [4.78, 5) is 0. The molecule has 0 aliphatic heterocycles. The van der Waals surface area contributed by atoms with Gasteiger partial charge in [-0.25, -0.2) is 0 Å². The van der Waals surface area contributed by atoms with Crippen molar-refractivity contribution < 1.29 is 10.2 Å². The SMILES string of the molecule is C[C@]12CCC3c4cc(C/C(=N/NC(=S)Nc5ccccc5)c5ccc(Cl)cc5)c(O)cc4CCC3C1CC[C@@H]2O. The van der Waals surface area contributed by atoms with Gasteiger partial charge in [0, 0.05) is 22.7 Å². The summed E-state index contributed by atoms with van der Waals surface area (Å²) in [6, 6.07) is 21.5. The van der Waals surface area contributed by atoms with Gasteiger partial charge in [-0.15, -0.1) is 0 Å². The summed E-state index contributed by atoms with van der Waals surface area (Å²) in [6.45, 7) is 2.31. The zero-order chi connectivity index (χ0) is 27.9. The minimum Gasteiger partial charge on any atom is -0.508 e. The molecule has 0 saturated heterocycles. The standard InChI is InChI=1S/C33H36ClN3O2S/c1-33-16-15-25-26(28(33)13-14-31(33)39)12-9-21-19-30(38)22(17-27(21)25)18-29(20-7-10-23(34)11-8-20)36-37-32(40)35-24-5-3-2-4-6-24/h2-8,10-11,17,19,25-26,28,31,38-39H,9,12-16,18H2,1H3,(H2,35,37,40)/b36-29-/t25?,26?,28?,31-,33-/m0/s1. The molecular weight excluding hydrogens is 538 g/mol. The minimum atomic E-state index is -0.177. The molecule has 7 heteroatoms. The number of benzene rings is 3. The van der Waals surface area contributed by atoms with Gasteiger partial charge >= 0.3 is 0 Å². The van der Waals surface area contributed by atoms with Crippen molar-refractivity contribution >= 4 is 40.3 Å². The molecule has 4 N–H and O–H groups in total. The van der Waals surface area contributed by atoms with E-state index >= 15 is 0 Å². The van der Waals surface area contributed by atoms with Crippen molar-refractivity contribution in [2.45, 2.75) is 63.9 Å². The Balaban J connectivity index is 1.28. The molecule has 5 nitrogen and oxygen atoms in total. The van der Waals surface area contributed by atoms with E-state index in [9.17, 15) is 10.2 Å². The number of aryl methyl sites for hydroxylation is 1. The van der Waals surface area contributed by atoms with Crippen LogP contribution in [0.5, 0.6) is 5.75 Å². The number of hydrogen-bond acceptors (Lipinski definition) is 4. The molecule has 0 heterocycles. The molecule has 6 rings (SSSR count). The molecule has 40 heavy (non-hydrogen) atoms. The van der Waals surface area contributed by atoms with Crippen LogP contribution in [0.2, 0.25) is 5.02 Å². The third-order valence-electron chi connectivity index (χ3n) is 9.73. The maximum atomic E-state index is 11.1. The number of aromatic hydroxyl groups is 1.